The van der Waals surface area contributed by atoms with Gasteiger partial charge in [-0.05, 0) is 31.4 Å². The summed E-state index contributed by atoms with van der Waals surface area (Å²) in [4.78, 5) is 6.23. The molecule has 1 aromatic heterocycles. The van der Waals surface area contributed by atoms with Crippen LogP contribution in [0, 0.1) is 0 Å². The molecule has 5 heteroatoms. The van der Waals surface area contributed by atoms with E-state index in [0.29, 0.717) is 12.0 Å². The predicted octanol–water partition coefficient (Wildman–Crippen LogP) is 4.58. The van der Waals surface area contributed by atoms with E-state index in [-0.39, 0.29) is 0 Å². The number of ether oxygens (including phenoxy) is 1. The summed E-state index contributed by atoms with van der Waals surface area (Å²) in [5.74, 6) is 3.41. The summed E-state index contributed by atoms with van der Waals surface area (Å²) in [5.41, 5.74) is 0. The van der Waals surface area contributed by atoms with Crippen LogP contribution in [0.15, 0.2) is 35.2 Å². The van der Waals surface area contributed by atoms with Gasteiger partial charge in [0.2, 0.25) is 0 Å². The Balaban J connectivity index is 1.55. The van der Waals surface area contributed by atoms with Crippen LogP contribution in [0.25, 0.3) is 0 Å². The summed E-state index contributed by atoms with van der Waals surface area (Å²) in [7, 11) is 0. The average Bonchev–Trinajstić information content (AvgIpc) is 3.31. The Morgan fingerprint density at radius 2 is 1.92 bits per heavy atom. The highest BCUT2D eigenvalue weighted by Crippen LogP contribution is 2.32. The first-order valence-corrected chi connectivity index (χ1v) is 10.1. The number of thioether (sulfide) groups is 1. The standard InChI is InChI=1S/C19H25N3OS/c1-3-7-16(8-4-1)22-18(14-24-17-9-5-2-6-10-17)20-19(21-22)15-11-12-23-13-15/h2,5-6,9-10,15-16H,1,3-4,7-8,11-14H2/t15-/m1/s1. The Labute approximate surface area is 148 Å². The van der Waals surface area contributed by atoms with Gasteiger partial charge in [0.05, 0.1) is 18.4 Å². The van der Waals surface area contributed by atoms with E-state index < -0.39 is 0 Å². The number of rotatable bonds is 5. The van der Waals surface area contributed by atoms with Crippen LogP contribution in [0.2, 0.25) is 0 Å². The van der Waals surface area contributed by atoms with Gasteiger partial charge in [-0.2, -0.15) is 5.10 Å². The Bertz CT molecular complexity index is 646. The van der Waals surface area contributed by atoms with Crippen LogP contribution < -0.4 is 0 Å². The van der Waals surface area contributed by atoms with Gasteiger partial charge in [0.25, 0.3) is 0 Å². The van der Waals surface area contributed by atoms with E-state index in [4.69, 9.17) is 14.8 Å². The molecule has 2 aromatic rings. The number of benzene rings is 1. The first kappa shape index (κ1) is 16.2. The fraction of sp³-hybridized carbons (Fsp3) is 0.579. The molecule has 0 spiro atoms. The predicted molar refractivity (Wildman–Crippen MR) is 96.3 cm³/mol. The van der Waals surface area contributed by atoms with Crippen molar-refractivity contribution < 1.29 is 4.74 Å². The van der Waals surface area contributed by atoms with Gasteiger partial charge in [-0.15, -0.1) is 11.8 Å². The molecule has 0 bridgehead atoms. The first-order chi connectivity index (χ1) is 11.9. The molecule has 1 aliphatic carbocycles. The van der Waals surface area contributed by atoms with Crippen molar-refractivity contribution in [1.29, 1.82) is 0 Å². The molecule has 24 heavy (non-hydrogen) atoms. The fourth-order valence-corrected chi connectivity index (χ4v) is 4.51. The maximum Gasteiger partial charge on any atom is 0.156 e. The zero-order valence-corrected chi connectivity index (χ0v) is 14.9. The highest BCUT2D eigenvalue weighted by atomic mass is 32.2. The van der Waals surface area contributed by atoms with Crippen LogP contribution >= 0.6 is 11.8 Å². The van der Waals surface area contributed by atoms with E-state index in [9.17, 15) is 0 Å². The molecule has 1 aromatic carbocycles. The lowest BCUT2D eigenvalue weighted by molar-refractivity contribution is 0.193. The quantitative estimate of drug-likeness (QED) is 0.745. The molecule has 1 saturated carbocycles. The molecule has 1 atom stereocenters. The van der Waals surface area contributed by atoms with Crippen molar-refractivity contribution in [2.75, 3.05) is 13.2 Å². The average molecular weight is 343 g/mol. The van der Waals surface area contributed by atoms with Gasteiger partial charge >= 0.3 is 0 Å². The Morgan fingerprint density at radius 3 is 2.67 bits per heavy atom. The molecule has 0 amide bonds. The van der Waals surface area contributed by atoms with Crippen molar-refractivity contribution in [2.24, 2.45) is 0 Å². The van der Waals surface area contributed by atoms with Crippen molar-refractivity contribution in [1.82, 2.24) is 14.8 Å². The minimum Gasteiger partial charge on any atom is -0.381 e. The zero-order chi connectivity index (χ0) is 16.2. The minimum absolute atomic E-state index is 0.385. The molecule has 0 unspecified atom stereocenters. The largest absolute Gasteiger partial charge is 0.381 e. The maximum atomic E-state index is 5.54. The normalized spacial score (nSPS) is 22.1. The number of hydrogen-bond donors (Lipinski definition) is 0. The molecule has 4 rings (SSSR count). The van der Waals surface area contributed by atoms with E-state index >= 15 is 0 Å². The lowest BCUT2D eigenvalue weighted by atomic mass is 9.96. The second-order valence-electron chi connectivity index (χ2n) is 6.78. The number of nitrogens with zero attached hydrogens (tertiary/aromatic N) is 3. The van der Waals surface area contributed by atoms with Gasteiger partial charge in [-0.3, -0.25) is 0 Å². The van der Waals surface area contributed by atoms with Gasteiger partial charge in [0, 0.05) is 17.4 Å². The second-order valence-corrected chi connectivity index (χ2v) is 7.83. The van der Waals surface area contributed by atoms with Gasteiger partial charge in [-0.25, -0.2) is 9.67 Å². The molecule has 1 saturated heterocycles. The Morgan fingerprint density at radius 1 is 1.08 bits per heavy atom. The van der Waals surface area contributed by atoms with Crippen LogP contribution in [-0.2, 0) is 10.5 Å². The summed E-state index contributed by atoms with van der Waals surface area (Å²) in [6, 6.07) is 11.1. The Kier molecular flexibility index (Phi) is 5.18. The van der Waals surface area contributed by atoms with Gasteiger partial charge in [0.15, 0.2) is 5.82 Å². The fourth-order valence-electron chi connectivity index (χ4n) is 3.67. The lowest BCUT2D eigenvalue weighted by Gasteiger charge is -2.23. The van der Waals surface area contributed by atoms with Crippen LogP contribution in [0.4, 0.5) is 0 Å². The zero-order valence-electron chi connectivity index (χ0n) is 14.1. The summed E-state index contributed by atoms with van der Waals surface area (Å²) >= 11 is 1.85. The molecular weight excluding hydrogens is 318 g/mol. The summed E-state index contributed by atoms with van der Waals surface area (Å²) in [6.07, 6.45) is 7.54. The van der Waals surface area contributed by atoms with E-state index in [1.165, 1.54) is 37.0 Å². The van der Waals surface area contributed by atoms with E-state index in [1.807, 2.05) is 11.8 Å². The van der Waals surface area contributed by atoms with Gasteiger partial charge < -0.3 is 4.74 Å². The molecule has 4 nitrogen and oxygen atoms in total. The highest BCUT2D eigenvalue weighted by molar-refractivity contribution is 7.98. The van der Waals surface area contributed by atoms with Gasteiger partial charge in [0.1, 0.15) is 5.82 Å². The van der Waals surface area contributed by atoms with Crippen LogP contribution in [0.1, 0.15) is 62.1 Å². The summed E-state index contributed by atoms with van der Waals surface area (Å²) < 4.78 is 7.79. The molecule has 2 heterocycles. The topological polar surface area (TPSA) is 39.9 Å². The molecule has 0 radical (unpaired) electrons. The molecule has 2 aliphatic rings. The molecule has 0 N–H and O–H groups in total. The lowest BCUT2D eigenvalue weighted by Crippen LogP contribution is -2.17. The number of hydrogen-bond acceptors (Lipinski definition) is 4. The highest BCUT2D eigenvalue weighted by Gasteiger charge is 2.26. The third-order valence-electron chi connectivity index (χ3n) is 5.04. The molecule has 1 aliphatic heterocycles. The third kappa shape index (κ3) is 3.67. The summed E-state index contributed by atoms with van der Waals surface area (Å²) in [6.45, 7) is 1.62. The van der Waals surface area contributed by atoms with Crippen molar-refractivity contribution in [2.45, 2.75) is 61.1 Å². The SMILES string of the molecule is c1ccc(SCc2nc([C@@H]3CCOC3)nn2C2CCCCC2)cc1. The van der Waals surface area contributed by atoms with E-state index in [0.717, 1.165) is 37.0 Å². The summed E-state index contributed by atoms with van der Waals surface area (Å²) in [5, 5.41) is 4.94. The molecular formula is C19H25N3OS. The Hall–Kier alpha value is -1.33. The van der Waals surface area contributed by atoms with Crippen LogP contribution in [0.5, 0.6) is 0 Å². The smallest absolute Gasteiger partial charge is 0.156 e. The first-order valence-electron chi connectivity index (χ1n) is 9.11. The second kappa shape index (κ2) is 7.70. The van der Waals surface area contributed by atoms with Gasteiger partial charge in [-0.1, -0.05) is 37.5 Å². The molecule has 128 valence electrons. The monoisotopic (exact) mass is 343 g/mol. The van der Waals surface area contributed by atoms with Crippen LogP contribution in [-0.4, -0.2) is 28.0 Å². The van der Waals surface area contributed by atoms with Crippen molar-refractivity contribution >= 4 is 11.8 Å². The van der Waals surface area contributed by atoms with E-state index in [1.54, 1.807) is 0 Å². The van der Waals surface area contributed by atoms with Crippen molar-refractivity contribution in [3.63, 3.8) is 0 Å². The maximum absolute atomic E-state index is 5.54. The molecule has 2 fully saturated rings. The van der Waals surface area contributed by atoms with E-state index in [2.05, 4.69) is 35.0 Å². The van der Waals surface area contributed by atoms with Crippen molar-refractivity contribution in [3.05, 3.63) is 42.0 Å². The van der Waals surface area contributed by atoms with Crippen LogP contribution in [0.3, 0.4) is 0 Å². The number of aromatic nitrogens is 3. The van der Waals surface area contributed by atoms with Crippen molar-refractivity contribution in [3.8, 4) is 0 Å². The minimum atomic E-state index is 0.385. The third-order valence-corrected chi connectivity index (χ3v) is 6.05.